The number of nitrogens with one attached hydrogen (secondary N) is 1. The molecule has 0 aromatic heterocycles. The summed E-state index contributed by atoms with van der Waals surface area (Å²) in [5.74, 6) is 0.678. The van der Waals surface area contributed by atoms with E-state index in [0.717, 1.165) is 18.4 Å². The topological polar surface area (TPSA) is 49.3 Å². The van der Waals surface area contributed by atoms with Crippen molar-refractivity contribution in [2.75, 3.05) is 6.61 Å². The normalized spacial score (nSPS) is 21.3. The standard InChI is InChI=1S/C16H20ClNO2/c17-13-5-3-12(4-6-13)16(8-9-16)15(20)18-14(7-10-19)11-1-2-11/h3-6,11,14,19H,1-2,7-10H2,(H,18,20). The van der Waals surface area contributed by atoms with Crippen molar-refractivity contribution >= 4 is 17.5 Å². The van der Waals surface area contributed by atoms with Gasteiger partial charge in [0.05, 0.1) is 5.41 Å². The third-order valence-corrected chi connectivity index (χ3v) is 4.78. The Labute approximate surface area is 124 Å². The molecule has 3 rings (SSSR count). The van der Waals surface area contributed by atoms with Gasteiger partial charge in [0.2, 0.25) is 5.91 Å². The summed E-state index contributed by atoms with van der Waals surface area (Å²) < 4.78 is 0. The molecule has 1 aromatic rings. The largest absolute Gasteiger partial charge is 0.396 e. The number of hydrogen-bond acceptors (Lipinski definition) is 2. The molecular weight excluding hydrogens is 274 g/mol. The van der Waals surface area contributed by atoms with Gasteiger partial charge in [-0.2, -0.15) is 0 Å². The van der Waals surface area contributed by atoms with Gasteiger partial charge in [-0.05, 0) is 55.7 Å². The molecule has 0 heterocycles. The zero-order chi connectivity index (χ0) is 14.2. The maximum absolute atomic E-state index is 12.6. The molecule has 0 saturated heterocycles. The van der Waals surface area contributed by atoms with Gasteiger partial charge < -0.3 is 10.4 Å². The van der Waals surface area contributed by atoms with Crippen molar-refractivity contribution in [3.05, 3.63) is 34.9 Å². The first-order valence-corrected chi connectivity index (χ1v) is 7.71. The smallest absolute Gasteiger partial charge is 0.230 e. The fourth-order valence-electron chi connectivity index (χ4n) is 2.91. The molecule has 108 valence electrons. The highest BCUT2D eigenvalue weighted by Crippen LogP contribution is 2.49. The Morgan fingerprint density at radius 2 is 2.00 bits per heavy atom. The SMILES string of the molecule is O=C(NC(CCO)C1CC1)C1(c2ccc(Cl)cc2)CC1. The van der Waals surface area contributed by atoms with Crippen LogP contribution in [0.4, 0.5) is 0 Å². The molecule has 4 heteroatoms. The number of carbonyl (C=O) groups excluding carboxylic acids is 1. The van der Waals surface area contributed by atoms with E-state index in [4.69, 9.17) is 16.7 Å². The minimum absolute atomic E-state index is 0.116. The predicted molar refractivity (Wildman–Crippen MR) is 78.7 cm³/mol. The van der Waals surface area contributed by atoms with Crippen LogP contribution in [0, 0.1) is 5.92 Å². The Morgan fingerprint density at radius 1 is 1.35 bits per heavy atom. The Kier molecular flexibility index (Phi) is 3.74. The van der Waals surface area contributed by atoms with Gasteiger partial charge in [0.25, 0.3) is 0 Å². The molecule has 1 atom stereocenters. The molecule has 0 bridgehead atoms. The summed E-state index contributed by atoms with van der Waals surface area (Å²) >= 11 is 5.91. The van der Waals surface area contributed by atoms with Crippen molar-refractivity contribution in [2.24, 2.45) is 5.92 Å². The number of benzene rings is 1. The summed E-state index contributed by atoms with van der Waals surface area (Å²) in [5, 5.41) is 13.0. The first-order valence-electron chi connectivity index (χ1n) is 7.33. The molecule has 2 aliphatic rings. The lowest BCUT2D eigenvalue weighted by molar-refractivity contribution is -0.124. The number of amides is 1. The van der Waals surface area contributed by atoms with Crippen molar-refractivity contribution in [3.63, 3.8) is 0 Å². The van der Waals surface area contributed by atoms with Crippen LogP contribution < -0.4 is 5.32 Å². The third kappa shape index (κ3) is 2.70. The Bertz CT molecular complexity index is 492. The number of halogens is 1. The second kappa shape index (κ2) is 5.38. The molecule has 1 unspecified atom stereocenters. The lowest BCUT2D eigenvalue weighted by Crippen LogP contribution is -2.43. The second-order valence-corrected chi connectivity index (χ2v) is 6.46. The number of rotatable bonds is 6. The molecular formula is C16H20ClNO2. The lowest BCUT2D eigenvalue weighted by Gasteiger charge is -2.22. The Balaban J connectivity index is 1.71. The van der Waals surface area contributed by atoms with Gasteiger partial charge in [-0.1, -0.05) is 23.7 Å². The van der Waals surface area contributed by atoms with Gasteiger partial charge in [-0.25, -0.2) is 0 Å². The second-order valence-electron chi connectivity index (χ2n) is 6.02. The molecule has 2 aliphatic carbocycles. The number of aliphatic hydroxyl groups excluding tert-OH is 1. The fraction of sp³-hybridized carbons (Fsp3) is 0.562. The van der Waals surface area contributed by atoms with Crippen LogP contribution in [0.15, 0.2) is 24.3 Å². The zero-order valence-electron chi connectivity index (χ0n) is 11.4. The van der Waals surface area contributed by atoms with Crippen LogP contribution in [0.1, 0.15) is 37.7 Å². The van der Waals surface area contributed by atoms with E-state index in [0.29, 0.717) is 17.4 Å². The molecule has 0 spiro atoms. The molecule has 3 nitrogen and oxygen atoms in total. The Hall–Kier alpha value is -1.06. The van der Waals surface area contributed by atoms with Crippen LogP contribution in [0.3, 0.4) is 0 Å². The van der Waals surface area contributed by atoms with E-state index in [1.807, 2.05) is 24.3 Å². The minimum atomic E-state index is -0.354. The molecule has 1 amide bonds. The van der Waals surface area contributed by atoms with E-state index >= 15 is 0 Å². The minimum Gasteiger partial charge on any atom is -0.396 e. The van der Waals surface area contributed by atoms with Crippen molar-refractivity contribution in [1.29, 1.82) is 0 Å². The summed E-state index contributed by atoms with van der Waals surface area (Å²) in [4.78, 5) is 12.6. The summed E-state index contributed by atoms with van der Waals surface area (Å²) in [7, 11) is 0. The van der Waals surface area contributed by atoms with E-state index in [1.54, 1.807) is 0 Å². The first kappa shape index (κ1) is 13.9. The quantitative estimate of drug-likeness (QED) is 0.847. The molecule has 2 saturated carbocycles. The average molecular weight is 294 g/mol. The van der Waals surface area contributed by atoms with E-state index in [2.05, 4.69) is 5.32 Å². The molecule has 0 radical (unpaired) electrons. The van der Waals surface area contributed by atoms with Gasteiger partial charge in [-0.3, -0.25) is 4.79 Å². The molecule has 2 fully saturated rings. The molecule has 1 aromatic carbocycles. The third-order valence-electron chi connectivity index (χ3n) is 4.53. The molecule has 20 heavy (non-hydrogen) atoms. The van der Waals surface area contributed by atoms with Crippen LogP contribution in [0.5, 0.6) is 0 Å². The van der Waals surface area contributed by atoms with E-state index in [1.165, 1.54) is 12.8 Å². The number of carbonyl (C=O) groups is 1. The van der Waals surface area contributed by atoms with Crippen LogP contribution in [0.2, 0.25) is 5.02 Å². The predicted octanol–water partition coefficient (Wildman–Crippen LogP) is 2.65. The highest BCUT2D eigenvalue weighted by Gasteiger charge is 2.52. The number of hydrogen-bond donors (Lipinski definition) is 2. The van der Waals surface area contributed by atoms with Crippen LogP contribution >= 0.6 is 11.6 Å². The van der Waals surface area contributed by atoms with Crippen molar-refractivity contribution in [3.8, 4) is 0 Å². The summed E-state index contributed by atoms with van der Waals surface area (Å²) in [5.41, 5.74) is 0.700. The van der Waals surface area contributed by atoms with Gasteiger partial charge >= 0.3 is 0 Å². The van der Waals surface area contributed by atoms with Gasteiger partial charge in [0.15, 0.2) is 0 Å². The maximum atomic E-state index is 12.6. The summed E-state index contributed by atoms with van der Waals surface area (Å²) in [6.45, 7) is 0.134. The Morgan fingerprint density at radius 3 is 2.50 bits per heavy atom. The van der Waals surface area contributed by atoms with Gasteiger partial charge in [0, 0.05) is 17.7 Å². The maximum Gasteiger partial charge on any atom is 0.230 e. The highest BCUT2D eigenvalue weighted by atomic mass is 35.5. The van der Waals surface area contributed by atoms with Gasteiger partial charge in [0.1, 0.15) is 0 Å². The van der Waals surface area contributed by atoms with Crippen LogP contribution in [-0.4, -0.2) is 23.7 Å². The van der Waals surface area contributed by atoms with Crippen molar-refractivity contribution < 1.29 is 9.90 Å². The fourth-order valence-corrected chi connectivity index (χ4v) is 3.04. The van der Waals surface area contributed by atoms with Crippen molar-refractivity contribution in [1.82, 2.24) is 5.32 Å². The summed E-state index contributed by atoms with van der Waals surface area (Å²) in [6.07, 6.45) is 4.79. The van der Waals surface area contributed by atoms with Crippen molar-refractivity contribution in [2.45, 2.75) is 43.6 Å². The number of aliphatic hydroxyl groups is 1. The van der Waals surface area contributed by atoms with E-state index in [9.17, 15) is 4.79 Å². The first-order chi connectivity index (χ1) is 9.65. The van der Waals surface area contributed by atoms with Crippen LogP contribution in [-0.2, 0) is 10.2 Å². The van der Waals surface area contributed by atoms with E-state index < -0.39 is 0 Å². The van der Waals surface area contributed by atoms with Crippen LogP contribution in [0.25, 0.3) is 0 Å². The molecule has 2 N–H and O–H groups in total. The average Bonchev–Trinajstić information content (AvgIpc) is 3.31. The highest BCUT2D eigenvalue weighted by molar-refractivity contribution is 6.30. The van der Waals surface area contributed by atoms with Gasteiger partial charge in [-0.15, -0.1) is 0 Å². The van der Waals surface area contributed by atoms with E-state index in [-0.39, 0.29) is 24.0 Å². The summed E-state index contributed by atoms with van der Waals surface area (Å²) in [6, 6.07) is 7.73. The zero-order valence-corrected chi connectivity index (χ0v) is 12.2. The lowest BCUT2D eigenvalue weighted by atomic mass is 9.94. The monoisotopic (exact) mass is 293 g/mol. The molecule has 0 aliphatic heterocycles.